The zero-order chi connectivity index (χ0) is 17.4. The van der Waals surface area contributed by atoms with Crippen molar-refractivity contribution in [3.63, 3.8) is 0 Å². The summed E-state index contributed by atoms with van der Waals surface area (Å²) in [5, 5.41) is 0. The molecule has 2 N–H and O–H groups in total. The molecule has 0 aliphatic carbocycles. The molecule has 4 heteroatoms. The Labute approximate surface area is 143 Å². The van der Waals surface area contributed by atoms with E-state index in [1.807, 2.05) is 0 Å². The van der Waals surface area contributed by atoms with E-state index in [9.17, 15) is 4.79 Å². The lowest BCUT2D eigenvalue weighted by Gasteiger charge is -2.38. The van der Waals surface area contributed by atoms with Crippen LogP contribution in [-0.4, -0.2) is 53.5 Å². The van der Waals surface area contributed by atoms with Gasteiger partial charge in [-0.1, -0.05) is 41.0 Å². The van der Waals surface area contributed by atoms with Crippen molar-refractivity contribution in [2.45, 2.75) is 91.3 Å². The molecule has 1 heterocycles. The first kappa shape index (κ1) is 20.4. The van der Waals surface area contributed by atoms with Crippen molar-refractivity contribution in [3.8, 4) is 0 Å². The molecule has 1 aliphatic rings. The zero-order valence-corrected chi connectivity index (χ0v) is 16.1. The molecular weight excluding hydrogens is 286 g/mol. The molecule has 1 aliphatic heterocycles. The Kier molecular flexibility index (Phi) is 9.15. The van der Waals surface area contributed by atoms with E-state index in [4.69, 9.17) is 5.73 Å². The number of nitrogens with two attached hydrogens (primary N) is 1. The van der Waals surface area contributed by atoms with E-state index in [-0.39, 0.29) is 17.9 Å². The second-order valence-electron chi connectivity index (χ2n) is 7.44. The molecule has 4 nitrogen and oxygen atoms in total. The summed E-state index contributed by atoms with van der Waals surface area (Å²) in [6.45, 7) is 14.3. The maximum atomic E-state index is 11.9. The molecule has 0 spiro atoms. The van der Waals surface area contributed by atoms with E-state index in [0.29, 0.717) is 12.1 Å². The first-order chi connectivity index (χ1) is 11.0. The van der Waals surface area contributed by atoms with Crippen molar-refractivity contribution in [3.05, 3.63) is 0 Å². The second kappa shape index (κ2) is 10.3. The van der Waals surface area contributed by atoms with Crippen LogP contribution in [0, 0.1) is 5.92 Å². The van der Waals surface area contributed by atoms with Gasteiger partial charge in [0.1, 0.15) is 0 Å². The van der Waals surface area contributed by atoms with Crippen LogP contribution in [0.25, 0.3) is 0 Å². The molecular formula is C19H39N3O. The Bertz CT molecular complexity index is 342. The number of rotatable bonds is 11. The summed E-state index contributed by atoms with van der Waals surface area (Å²) in [7, 11) is 0. The Hall–Kier alpha value is -0.610. The highest BCUT2D eigenvalue weighted by Gasteiger charge is 2.36. The first-order valence-corrected chi connectivity index (χ1v) is 9.75. The lowest BCUT2D eigenvalue weighted by molar-refractivity contribution is -0.125. The van der Waals surface area contributed by atoms with E-state index in [0.717, 1.165) is 13.1 Å². The van der Waals surface area contributed by atoms with Crippen molar-refractivity contribution < 1.29 is 4.79 Å². The number of hydrogen-bond acceptors (Lipinski definition) is 3. The smallest absolute Gasteiger partial charge is 0.235 e. The highest BCUT2D eigenvalue weighted by Crippen LogP contribution is 2.26. The number of carbonyl (C=O) groups excluding carboxylic acids is 1. The molecule has 0 saturated carbocycles. The lowest BCUT2D eigenvalue weighted by Crippen LogP contribution is -2.53. The summed E-state index contributed by atoms with van der Waals surface area (Å²) in [5.41, 5.74) is 5.71. The number of hydrogen-bond donors (Lipinski definition) is 1. The maximum Gasteiger partial charge on any atom is 0.235 e. The van der Waals surface area contributed by atoms with E-state index >= 15 is 0 Å². The van der Waals surface area contributed by atoms with Crippen LogP contribution < -0.4 is 5.73 Å². The summed E-state index contributed by atoms with van der Waals surface area (Å²) in [4.78, 5) is 17.0. The van der Waals surface area contributed by atoms with Crippen LogP contribution in [0.5, 0.6) is 0 Å². The maximum absolute atomic E-state index is 11.9. The molecule has 2 unspecified atom stereocenters. The molecule has 0 aromatic heterocycles. The zero-order valence-electron chi connectivity index (χ0n) is 16.1. The van der Waals surface area contributed by atoms with Crippen LogP contribution in [-0.2, 0) is 4.79 Å². The Morgan fingerprint density at radius 3 is 2.39 bits per heavy atom. The molecule has 1 saturated heterocycles. The lowest BCUT2D eigenvalue weighted by atomic mass is 10.00. The molecule has 0 bridgehead atoms. The van der Waals surface area contributed by atoms with Gasteiger partial charge in [-0.3, -0.25) is 14.6 Å². The van der Waals surface area contributed by atoms with E-state index in [2.05, 4.69) is 44.4 Å². The molecule has 2 atom stereocenters. The van der Waals surface area contributed by atoms with Gasteiger partial charge in [0.15, 0.2) is 0 Å². The highest BCUT2D eigenvalue weighted by atomic mass is 16.1. The van der Waals surface area contributed by atoms with Gasteiger partial charge in [0.2, 0.25) is 5.91 Å². The van der Waals surface area contributed by atoms with Gasteiger partial charge < -0.3 is 5.73 Å². The Morgan fingerprint density at radius 2 is 1.91 bits per heavy atom. The van der Waals surface area contributed by atoms with Gasteiger partial charge in [0.05, 0.1) is 6.04 Å². The van der Waals surface area contributed by atoms with Crippen molar-refractivity contribution >= 4 is 5.91 Å². The monoisotopic (exact) mass is 325 g/mol. The third-order valence-electron chi connectivity index (χ3n) is 5.41. The van der Waals surface area contributed by atoms with Gasteiger partial charge in [-0.25, -0.2) is 0 Å². The van der Waals surface area contributed by atoms with Crippen LogP contribution in [0.1, 0.15) is 73.1 Å². The minimum Gasteiger partial charge on any atom is -0.368 e. The van der Waals surface area contributed by atoms with Crippen LogP contribution in [0.4, 0.5) is 0 Å². The van der Waals surface area contributed by atoms with Crippen LogP contribution in [0.3, 0.4) is 0 Å². The molecule has 1 amide bonds. The van der Waals surface area contributed by atoms with Crippen molar-refractivity contribution in [1.29, 1.82) is 0 Å². The molecule has 23 heavy (non-hydrogen) atoms. The number of amides is 1. The van der Waals surface area contributed by atoms with E-state index < -0.39 is 0 Å². The van der Waals surface area contributed by atoms with Crippen LogP contribution >= 0.6 is 0 Å². The van der Waals surface area contributed by atoms with Crippen LogP contribution in [0.15, 0.2) is 0 Å². The SMILES string of the molecule is CCCCN(CC1CCCN1C(C(N)=O)C(C)C)C(CC)CC. The fourth-order valence-corrected chi connectivity index (χ4v) is 4.16. The third-order valence-corrected chi connectivity index (χ3v) is 5.41. The molecule has 0 radical (unpaired) electrons. The predicted molar refractivity (Wildman–Crippen MR) is 98.4 cm³/mol. The summed E-state index contributed by atoms with van der Waals surface area (Å²) in [6.07, 6.45) is 7.28. The number of primary amides is 1. The topological polar surface area (TPSA) is 49.6 Å². The van der Waals surface area contributed by atoms with Crippen molar-refractivity contribution in [1.82, 2.24) is 9.80 Å². The largest absolute Gasteiger partial charge is 0.368 e. The average Bonchev–Trinajstić information content (AvgIpc) is 2.92. The van der Waals surface area contributed by atoms with Gasteiger partial charge in [0.25, 0.3) is 0 Å². The molecule has 0 aromatic rings. The molecule has 1 rings (SSSR count). The fourth-order valence-electron chi connectivity index (χ4n) is 4.16. The Balaban J connectivity index is 2.81. The second-order valence-corrected chi connectivity index (χ2v) is 7.44. The Morgan fingerprint density at radius 1 is 1.26 bits per heavy atom. The summed E-state index contributed by atoms with van der Waals surface area (Å²) < 4.78 is 0. The summed E-state index contributed by atoms with van der Waals surface area (Å²) in [6, 6.07) is 1.03. The van der Waals surface area contributed by atoms with Gasteiger partial charge in [-0.05, 0) is 51.1 Å². The molecule has 1 fully saturated rings. The van der Waals surface area contributed by atoms with Gasteiger partial charge in [0, 0.05) is 18.6 Å². The summed E-state index contributed by atoms with van der Waals surface area (Å²) in [5.74, 6) is 0.125. The summed E-state index contributed by atoms with van der Waals surface area (Å²) >= 11 is 0. The highest BCUT2D eigenvalue weighted by molar-refractivity contribution is 5.80. The fraction of sp³-hybridized carbons (Fsp3) is 0.947. The number of nitrogens with zero attached hydrogens (tertiary/aromatic N) is 2. The molecule has 136 valence electrons. The first-order valence-electron chi connectivity index (χ1n) is 9.75. The third kappa shape index (κ3) is 5.75. The average molecular weight is 326 g/mol. The number of unbranched alkanes of at least 4 members (excludes halogenated alkanes) is 1. The minimum absolute atomic E-state index is 0.114. The van der Waals surface area contributed by atoms with Crippen molar-refractivity contribution in [2.24, 2.45) is 11.7 Å². The van der Waals surface area contributed by atoms with Crippen molar-refractivity contribution in [2.75, 3.05) is 19.6 Å². The standard InChI is InChI=1S/C19H39N3O/c1-6-9-12-21(16(7-2)8-3)14-17-11-10-13-22(17)18(15(4)5)19(20)23/h15-18H,6-14H2,1-5H3,(H2,20,23). The van der Waals surface area contributed by atoms with E-state index in [1.54, 1.807) is 0 Å². The molecule has 0 aromatic carbocycles. The minimum atomic E-state index is -0.158. The van der Waals surface area contributed by atoms with Gasteiger partial charge in [-0.15, -0.1) is 0 Å². The van der Waals surface area contributed by atoms with Gasteiger partial charge >= 0.3 is 0 Å². The van der Waals surface area contributed by atoms with E-state index in [1.165, 1.54) is 45.1 Å². The predicted octanol–water partition coefficient (Wildman–Crippen LogP) is 3.25. The van der Waals surface area contributed by atoms with Gasteiger partial charge in [-0.2, -0.15) is 0 Å². The normalized spacial score (nSPS) is 20.8. The quantitative estimate of drug-likeness (QED) is 0.634. The number of carbonyl (C=O) groups is 1. The number of likely N-dealkylation sites (tertiary alicyclic amines) is 1. The van der Waals surface area contributed by atoms with Crippen LogP contribution in [0.2, 0.25) is 0 Å².